The van der Waals surface area contributed by atoms with Crippen LogP contribution in [-0.4, -0.2) is 34.5 Å². The minimum absolute atomic E-state index is 0.0430. The molecule has 2 aromatic rings. The Labute approximate surface area is 122 Å². The highest BCUT2D eigenvalue weighted by atomic mass is 35.5. The number of hydrogen-bond acceptors (Lipinski definition) is 8. The van der Waals surface area contributed by atoms with Gasteiger partial charge >= 0.3 is 0 Å². The molecule has 0 spiro atoms. The minimum Gasteiger partial charge on any atom is -0.301 e. The van der Waals surface area contributed by atoms with Crippen LogP contribution in [-0.2, 0) is 14.8 Å². The quantitative estimate of drug-likeness (QED) is 0.789. The first kappa shape index (κ1) is 14.6. The van der Waals surface area contributed by atoms with Crippen LogP contribution < -0.4 is 10.0 Å². The molecule has 106 valence electrons. The molecule has 0 aromatic carbocycles. The van der Waals surface area contributed by atoms with Crippen LogP contribution in [0, 0.1) is 0 Å². The fourth-order valence-electron chi connectivity index (χ4n) is 1.09. The van der Waals surface area contributed by atoms with E-state index in [4.69, 9.17) is 11.6 Å². The lowest BCUT2D eigenvalue weighted by Crippen LogP contribution is -2.14. The van der Waals surface area contributed by atoms with E-state index in [0.29, 0.717) is 11.3 Å². The molecule has 1 amide bonds. The summed E-state index contributed by atoms with van der Waals surface area (Å²) < 4.78 is 25.8. The summed E-state index contributed by atoms with van der Waals surface area (Å²) in [6, 6.07) is 0. The van der Waals surface area contributed by atoms with Crippen molar-refractivity contribution in [2.45, 2.75) is 11.3 Å². The van der Waals surface area contributed by atoms with Crippen LogP contribution in [0.3, 0.4) is 0 Å². The molecule has 2 heterocycles. The largest absolute Gasteiger partial charge is 0.301 e. The molecule has 0 atom stereocenters. The Bertz CT molecular complexity index is 746. The SMILES string of the molecule is CC(=O)Nc1nnc(S(=O)(=O)Nc2cncc(Cl)n2)s1. The predicted octanol–water partition coefficient (Wildman–Crippen LogP) is 0.741. The smallest absolute Gasteiger partial charge is 0.292 e. The molecule has 9 nitrogen and oxygen atoms in total. The highest BCUT2D eigenvalue weighted by Crippen LogP contribution is 2.21. The summed E-state index contributed by atoms with van der Waals surface area (Å²) in [4.78, 5) is 18.3. The van der Waals surface area contributed by atoms with Crippen molar-refractivity contribution in [2.75, 3.05) is 10.0 Å². The van der Waals surface area contributed by atoms with E-state index in [9.17, 15) is 13.2 Å². The monoisotopic (exact) mass is 334 g/mol. The van der Waals surface area contributed by atoms with Crippen LogP contribution >= 0.6 is 22.9 Å². The van der Waals surface area contributed by atoms with Gasteiger partial charge in [0.05, 0.1) is 12.4 Å². The van der Waals surface area contributed by atoms with E-state index in [1.54, 1.807) is 0 Å². The average Bonchev–Trinajstić information content (AvgIpc) is 2.76. The molecule has 0 bridgehead atoms. The van der Waals surface area contributed by atoms with Gasteiger partial charge in [-0.15, -0.1) is 10.2 Å². The molecule has 0 fully saturated rings. The van der Waals surface area contributed by atoms with Gasteiger partial charge < -0.3 is 5.32 Å². The Balaban J connectivity index is 2.22. The van der Waals surface area contributed by atoms with Gasteiger partial charge in [0, 0.05) is 6.92 Å². The van der Waals surface area contributed by atoms with E-state index in [0.717, 1.165) is 0 Å². The third-order valence-electron chi connectivity index (χ3n) is 1.76. The molecule has 0 aliphatic carbocycles. The van der Waals surface area contributed by atoms with Crippen molar-refractivity contribution < 1.29 is 13.2 Å². The third-order valence-corrected chi connectivity index (χ3v) is 4.51. The number of halogens is 1. The van der Waals surface area contributed by atoms with Crippen LogP contribution in [0.4, 0.5) is 10.9 Å². The Hall–Kier alpha value is -1.85. The van der Waals surface area contributed by atoms with Crippen molar-refractivity contribution in [3.05, 3.63) is 17.5 Å². The maximum atomic E-state index is 12.0. The zero-order valence-electron chi connectivity index (χ0n) is 9.86. The number of nitrogens with one attached hydrogen (secondary N) is 2. The zero-order chi connectivity index (χ0) is 14.8. The second-order valence-corrected chi connectivity index (χ2v) is 6.61. The maximum absolute atomic E-state index is 12.0. The van der Waals surface area contributed by atoms with Gasteiger partial charge in [-0.25, -0.2) is 4.98 Å². The predicted molar refractivity (Wildman–Crippen MR) is 72.1 cm³/mol. The first-order valence-electron chi connectivity index (χ1n) is 4.98. The molecule has 0 unspecified atom stereocenters. The fourth-order valence-corrected chi connectivity index (χ4v) is 3.17. The standard InChI is InChI=1S/C8H7ClN6O3S2/c1-4(16)11-7-13-14-8(19-7)20(17,18)15-6-3-10-2-5(9)12-6/h2-3H,1H3,(H,12,15)(H,11,13,16). The molecular formula is C8H7ClN6O3S2. The minimum atomic E-state index is -3.96. The third kappa shape index (κ3) is 3.59. The number of anilines is 2. The summed E-state index contributed by atoms with van der Waals surface area (Å²) in [5.74, 6) is -0.424. The number of hydrogen-bond donors (Lipinski definition) is 2. The second kappa shape index (κ2) is 5.64. The molecular weight excluding hydrogens is 328 g/mol. The lowest BCUT2D eigenvalue weighted by molar-refractivity contribution is -0.114. The molecule has 0 aliphatic heterocycles. The number of carbonyl (C=O) groups is 1. The Kier molecular flexibility index (Phi) is 4.11. The van der Waals surface area contributed by atoms with Crippen molar-refractivity contribution in [1.29, 1.82) is 0 Å². The van der Waals surface area contributed by atoms with Gasteiger partial charge in [-0.1, -0.05) is 22.9 Å². The Morgan fingerprint density at radius 1 is 1.35 bits per heavy atom. The van der Waals surface area contributed by atoms with Crippen LogP contribution in [0.15, 0.2) is 16.7 Å². The molecule has 0 saturated heterocycles. The van der Waals surface area contributed by atoms with E-state index in [1.807, 2.05) is 0 Å². The van der Waals surface area contributed by atoms with Crippen molar-refractivity contribution in [2.24, 2.45) is 0 Å². The van der Waals surface area contributed by atoms with Crippen LogP contribution in [0.25, 0.3) is 0 Å². The summed E-state index contributed by atoms with van der Waals surface area (Å²) in [7, 11) is -3.96. The number of sulfonamides is 1. The van der Waals surface area contributed by atoms with Crippen molar-refractivity contribution in [1.82, 2.24) is 20.2 Å². The molecule has 0 aliphatic rings. The molecule has 0 radical (unpaired) electrons. The number of carbonyl (C=O) groups excluding carboxylic acids is 1. The summed E-state index contributed by atoms with van der Waals surface area (Å²) in [5, 5.41) is 9.48. The van der Waals surface area contributed by atoms with Crippen molar-refractivity contribution >= 4 is 49.8 Å². The highest BCUT2D eigenvalue weighted by molar-refractivity contribution is 7.94. The van der Waals surface area contributed by atoms with E-state index in [2.05, 4.69) is 30.2 Å². The molecule has 20 heavy (non-hydrogen) atoms. The van der Waals surface area contributed by atoms with Gasteiger partial charge in [-0.3, -0.25) is 14.5 Å². The molecule has 12 heteroatoms. The van der Waals surface area contributed by atoms with E-state index < -0.39 is 10.0 Å². The number of amides is 1. The normalized spacial score (nSPS) is 11.1. The number of rotatable bonds is 4. The zero-order valence-corrected chi connectivity index (χ0v) is 12.3. The topological polar surface area (TPSA) is 127 Å². The van der Waals surface area contributed by atoms with Gasteiger partial charge in [-0.2, -0.15) is 8.42 Å². The second-order valence-electron chi connectivity index (χ2n) is 3.39. The molecule has 2 rings (SSSR count). The van der Waals surface area contributed by atoms with E-state index >= 15 is 0 Å². The molecule has 2 N–H and O–H groups in total. The first-order valence-corrected chi connectivity index (χ1v) is 7.66. The van der Waals surface area contributed by atoms with Crippen molar-refractivity contribution in [3.8, 4) is 0 Å². The Morgan fingerprint density at radius 2 is 2.10 bits per heavy atom. The molecule has 2 aromatic heterocycles. The van der Waals surface area contributed by atoms with Gasteiger partial charge in [0.2, 0.25) is 11.0 Å². The summed E-state index contributed by atoms with van der Waals surface area (Å²) >= 11 is 6.31. The first-order chi connectivity index (χ1) is 9.37. The number of aromatic nitrogens is 4. The summed E-state index contributed by atoms with van der Waals surface area (Å²) in [6.07, 6.45) is 2.46. The number of nitrogens with zero attached hydrogens (tertiary/aromatic N) is 4. The molecule has 0 saturated carbocycles. The van der Waals surface area contributed by atoms with Gasteiger partial charge in [0.1, 0.15) is 5.15 Å². The van der Waals surface area contributed by atoms with Gasteiger partial charge in [0.25, 0.3) is 14.4 Å². The van der Waals surface area contributed by atoms with Crippen LogP contribution in [0.5, 0.6) is 0 Å². The van der Waals surface area contributed by atoms with E-state index in [1.165, 1.54) is 19.3 Å². The van der Waals surface area contributed by atoms with Crippen LogP contribution in [0.2, 0.25) is 5.15 Å². The van der Waals surface area contributed by atoms with E-state index in [-0.39, 0.29) is 26.3 Å². The van der Waals surface area contributed by atoms with Crippen LogP contribution in [0.1, 0.15) is 6.92 Å². The average molecular weight is 335 g/mol. The fraction of sp³-hybridized carbons (Fsp3) is 0.125. The van der Waals surface area contributed by atoms with Crippen molar-refractivity contribution in [3.63, 3.8) is 0 Å². The Morgan fingerprint density at radius 3 is 2.75 bits per heavy atom. The summed E-state index contributed by atoms with van der Waals surface area (Å²) in [5.41, 5.74) is 0. The van der Waals surface area contributed by atoms with Gasteiger partial charge in [-0.05, 0) is 0 Å². The lowest BCUT2D eigenvalue weighted by atomic mass is 10.7. The van der Waals surface area contributed by atoms with Gasteiger partial charge in [0.15, 0.2) is 5.82 Å². The summed E-state index contributed by atoms with van der Waals surface area (Å²) in [6.45, 7) is 1.27. The highest BCUT2D eigenvalue weighted by Gasteiger charge is 2.21. The maximum Gasteiger partial charge on any atom is 0.292 e. The lowest BCUT2D eigenvalue weighted by Gasteiger charge is -2.03.